The zero-order valence-electron chi connectivity index (χ0n) is 9.38. The van der Waals surface area contributed by atoms with E-state index in [2.05, 4.69) is 50.1 Å². The minimum atomic E-state index is 0.207. The van der Waals surface area contributed by atoms with Gasteiger partial charge in [-0.15, -0.1) is 0 Å². The highest BCUT2D eigenvalue weighted by atomic mass is 15.1. The average molecular weight is 189 g/mol. The van der Waals surface area contributed by atoms with Crippen molar-refractivity contribution in [2.24, 2.45) is 5.41 Å². The molecule has 1 heterocycles. The van der Waals surface area contributed by atoms with Crippen molar-refractivity contribution >= 4 is 0 Å². The van der Waals surface area contributed by atoms with Crippen LogP contribution >= 0.6 is 0 Å². The van der Waals surface area contributed by atoms with E-state index in [0.29, 0.717) is 0 Å². The largest absolute Gasteiger partial charge is 0.374 e. The summed E-state index contributed by atoms with van der Waals surface area (Å²) in [5.74, 6) is 0. The van der Waals surface area contributed by atoms with Gasteiger partial charge < -0.3 is 4.90 Å². The van der Waals surface area contributed by atoms with Gasteiger partial charge in [0.15, 0.2) is 0 Å². The lowest BCUT2D eigenvalue weighted by molar-refractivity contribution is 0.394. The molecule has 0 saturated carbocycles. The fraction of sp³-hybridized carbons (Fsp3) is 0.538. The molecule has 0 fully saturated rings. The second-order valence-electron chi connectivity index (χ2n) is 4.92. The highest BCUT2D eigenvalue weighted by Crippen LogP contribution is 2.30. The Bertz CT molecular complexity index is 318. The van der Waals surface area contributed by atoms with Crippen molar-refractivity contribution in [1.82, 2.24) is 4.90 Å². The van der Waals surface area contributed by atoms with Crippen molar-refractivity contribution in [3.05, 3.63) is 35.6 Å². The van der Waals surface area contributed by atoms with Crippen LogP contribution < -0.4 is 0 Å². The van der Waals surface area contributed by atoms with Crippen LogP contribution in [0.25, 0.3) is 0 Å². The topological polar surface area (TPSA) is 3.24 Å². The number of allylic oxidation sites excluding steroid dienone is 5. The van der Waals surface area contributed by atoms with Gasteiger partial charge in [0, 0.05) is 24.7 Å². The summed E-state index contributed by atoms with van der Waals surface area (Å²) in [6.07, 6.45) is 11.7. The van der Waals surface area contributed by atoms with Crippen LogP contribution in [0.1, 0.15) is 26.7 Å². The van der Waals surface area contributed by atoms with E-state index in [1.165, 1.54) is 30.7 Å². The average Bonchev–Trinajstić information content (AvgIpc) is 2.27. The van der Waals surface area contributed by atoms with Gasteiger partial charge in [0.25, 0.3) is 0 Å². The summed E-state index contributed by atoms with van der Waals surface area (Å²) < 4.78 is 0. The minimum Gasteiger partial charge on any atom is -0.374 e. The second-order valence-corrected chi connectivity index (χ2v) is 4.92. The molecule has 14 heavy (non-hydrogen) atoms. The molecule has 0 radical (unpaired) electrons. The molecule has 0 N–H and O–H groups in total. The molecule has 1 aliphatic heterocycles. The summed E-state index contributed by atoms with van der Waals surface area (Å²) in [6.45, 7) is 5.69. The van der Waals surface area contributed by atoms with Crippen LogP contribution in [-0.4, -0.2) is 18.5 Å². The zero-order valence-corrected chi connectivity index (χ0v) is 9.38. The molecule has 0 saturated heterocycles. The minimum absolute atomic E-state index is 0.207. The van der Waals surface area contributed by atoms with Crippen LogP contribution in [0.5, 0.6) is 0 Å². The summed E-state index contributed by atoms with van der Waals surface area (Å²) in [6, 6.07) is 0. The van der Waals surface area contributed by atoms with Gasteiger partial charge in [-0.25, -0.2) is 0 Å². The first-order valence-corrected chi connectivity index (χ1v) is 5.41. The standard InChI is InChI=1S/C13H19N/c1-13(2)8-6-11-5-4-10-14(3)12(11)7-9-13/h6-9H,4-5,10H2,1-3H3. The van der Waals surface area contributed by atoms with E-state index in [1.807, 2.05) is 0 Å². The molecule has 0 atom stereocenters. The molecule has 0 spiro atoms. The summed E-state index contributed by atoms with van der Waals surface area (Å²) in [4.78, 5) is 2.36. The maximum Gasteiger partial charge on any atom is 0.0393 e. The van der Waals surface area contributed by atoms with Crippen molar-refractivity contribution in [1.29, 1.82) is 0 Å². The highest BCUT2D eigenvalue weighted by molar-refractivity contribution is 5.38. The number of hydrogen-bond acceptors (Lipinski definition) is 1. The lowest BCUT2D eigenvalue weighted by atomic mass is 9.93. The van der Waals surface area contributed by atoms with Gasteiger partial charge in [0.1, 0.15) is 0 Å². The number of likely N-dealkylation sites (N-methyl/N-ethyl adjacent to an activating group) is 1. The van der Waals surface area contributed by atoms with Gasteiger partial charge in [0.05, 0.1) is 0 Å². The summed E-state index contributed by atoms with van der Waals surface area (Å²) in [5, 5.41) is 0. The predicted molar refractivity (Wildman–Crippen MR) is 61.0 cm³/mol. The molecule has 2 rings (SSSR count). The van der Waals surface area contributed by atoms with Crippen molar-refractivity contribution in [2.75, 3.05) is 13.6 Å². The Kier molecular flexibility index (Phi) is 2.26. The van der Waals surface area contributed by atoms with Crippen molar-refractivity contribution in [3.63, 3.8) is 0 Å². The van der Waals surface area contributed by atoms with Crippen LogP contribution in [0.2, 0.25) is 0 Å². The Balaban J connectivity index is 2.37. The molecule has 0 aromatic carbocycles. The summed E-state index contributed by atoms with van der Waals surface area (Å²) in [7, 11) is 2.19. The Morgan fingerprint density at radius 2 is 1.93 bits per heavy atom. The predicted octanol–water partition coefficient (Wildman–Crippen LogP) is 3.12. The first-order chi connectivity index (χ1) is 6.58. The van der Waals surface area contributed by atoms with E-state index in [0.717, 1.165) is 0 Å². The maximum absolute atomic E-state index is 2.36. The van der Waals surface area contributed by atoms with E-state index >= 15 is 0 Å². The molecule has 1 heteroatoms. The fourth-order valence-corrected chi connectivity index (χ4v) is 2.07. The fourth-order valence-electron chi connectivity index (χ4n) is 2.07. The summed E-state index contributed by atoms with van der Waals surface area (Å²) >= 11 is 0. The molecule has 0 bridgehead atoms. The first kappa shape index (κ1) is 9.57. The molecule has 76 valence electrons. The Morgan fingerprint density at radius 3 is 2.71 bits per heavy atom. The second kappa shape index (κ2) is 3.30. The normalized spacial score (nSPS) is 24.9. The number of rotatable bonds is 0. The molecule has 1 nitrogen and oxygen atoms in total. The highest BCUT2D eigenvalue weighted by Gasteiger charge is 2.18. The van der Waals surface area contributed by atoms with Gasteiger partial charge in [-0.05, 0) is 24.5 Å². The third-order valence-corrected chi connectivity index (χ3v) is 3.06. The van der Waals surface area contributed by atoms with Crippen LogP contribution in [0, 0.1) is 5.41 Å². The molecule has 1 aliphatic carbocycles. The Labute approximate surface area is 86.8 Å². The molecular weight excluding hydrogens is 170 g/mol. The number of hydrogen-bond donors (Lipinski definition) is 0. The van der Waals surface area contributed by atoms with Crippen LogP contribution in [0.3, 0.4) is 0 Å². The van der Waals surface area contributed by atoms with Crippen molar-refractivity contribution < 1.29 is 0 Å². The van der Waals surface area contributed by atoms with E-state index < -0.39 is 0 Å². The Morgan fingerprint density at radius 1 is 1.21 bits per heavy atom. The monoisotopic (exact) mass is 189 g/mol. The third-order valence-electron chi connectivity index (χ3n) is 3.06. The van der Waals surface area contributed by atoms with Crippen LogP contribution in [-0.2, 0) is 0 Å². The van der Waals surface area contributed by atoms with Crippen molar-refractivity contribution in [3.8, 4) is 0 Å². The molecule has 0 amide bonds. The molecule has 0 aromatic heterocycles. The van der Waals surface area contributed by atoms with Crippen LogP contribution in [0.4, 0.5) is 0 Å². The molecule has 0 aromatic rings. The van der Waals surface area contributed by atoms with E-state index in [9.17, 15) is 0 Å². The van der Waals surface area contributed by atoms with Gasteiger partial charge in [0.2, 0.25) is 0 Å². The zero-order chi connectivity index (χ0) is 10.2. The van der Waals surface area contributed by atoms with Crippen molar-refractivity contribution in [2.45, 2.75) is 26.7 Å². The first-order valence-electron chi connectivity index (χ1n) is 5.41. The van der Waals surface area contributed by atoms with Gasteiger partial charge in [-0.1, -0.05) is 32.1 Å². The van der Waals surface area contributed by atoms with Gasteiger partial charge in [-0.2, -0.15) is 0 Å². The lowest BCUT2D eigenvalue weighted by Gasteiger charge is -2.27. The molecule has 0 unspecified atom stereocenters. The van der Waals surface area contributed by atoms with Crippen LogP contribution in [0.15, 0.2) is 35.6 Å². The third kappa shape index (κ3) is 1.77. The quantitative estimate of drug-likeness (QED) is 0.566. The molecule has 2 aliphatic rings. The SMILES string of the molecule is CN1CCCC2=C1C=CC(C)(C)C=C2. The van der Waals surface area contributed by atoms with Gasteiger partial charge in [-0.3, -0.25) is 0 Å². The number of nitrogens with zero attached hydrogens (tertiary/aromatic N) is 1. The lowest BCUT2D eigenvalue weighted by Crippen LogP contribution is -2.23. The summed E-state index contributed by atoms with van der Waals surface area (Å²) in [5.41, 5.74) is 3.12. The van der Waals surface area contributed by atoms with E-state index in [4.69, 9.17) is 0 Å². The Hall–Kier alpha value is -0.980. The van der Waals surface area contributed by atoms with Gasteiger partial charge >= 0.3 is 0 Å². The molecular formula is C13H19N. The maximum atomic E-state index is 2.36. The van der Waals surface area contributed by atoms with E-state index in [1.54, 1.807) is 0 Å². The smallest absolute Gasteiger partial charge is 0.0393 e. The van der Waals surface area contributed by atoms with E-state index in [-0.39, 0.29) is 5.41 Å².